The van der Waals surface area contributed by atoms with Gasteiger partial charge in [-0.25, -0.2) is 0 Å². The molecule has 1 N–H and O–H groups in total. The normalized spacial score (nSPS) is 12.0. The summed E-state index contributed by atoms with van der Waals surface area (Å²) in [4.78, 5) is 0. The molecule has 1 heterocycles. The number of fused-ring (bicyclic) bond motifs is 3. The molecule has 1 aliphatic rings. The maximum atomic E-state index is 4.42. The van der Waals surface area contributed by atoms with Crippen LogP contribution >= 0.6 is 0 Å². The molecule has 5 aromatic rings. The Hall–Kier alpha value is -6.34. The number of hydrogen-bond acceptors (Lipinski definition) is 1. The molecule has 0 unspecified atom stereocenters. The number of para-hydroxylation sites is 2. The van der Waals surface area contributed by atoms with E-state index < -0.39 is 0 Å². The maximum absolute atomic E-state index is 4.42. The highest BCUT2D eigenvalue weighted by atomic mass is 15.0. The van der Waals surface area contributed by atoms with Crippen LogP contribution in [0.5, 0.6) is 0 Å². The van der Waals surface area contributed by atoms with Crippen molar-refractivity contribution < 1.29 is 0 Å². The van der Waals surface area contributed by atoms with Crippen LogP contribution in [0.15, 0.2) is 195 Å². The Kier molecular flexibility index (Phi) is 17.4. The summed E-state index contributed by atoms with van der Waals surface area (Å²) in [5, 5.41) is 6.13. The molecule has 0 bridgehead atoms. The lowest BCUT2D eigenvalue weighted by Crippen LogP contribution is -1.97. The number of nitrogens with zero attached hydrogens (tertiary/aromatic N) is 1. The Balaban J connectivity index is 0.000000765. The monoisotopic (exact) mass is 694 g/mol. The van der Waals surface area contributed by atoms with E-state index in [1.54, 1.807) is 12.2 Å². The van der Waals surface area contributed by atoms with E-state index in [1.165, 1.54) is 21.8 Å². The van der Waals surface area contributed by atoms with E-state index in [0.717, 1.165) is 44.9 Å². The minimum Gasteiger partial charge on any atom is -0.355 e. The standard InChI is InChI=1S/C42H34N2.C5H8.2C2H6/c1-4-6-8-10-17-32-18-15-19-35(28-32)43-40-27-25-34(30-39(40)31(3)16-9-7-5-2)33-24-26-36(29-33)44-41-22-13-11-20-37(41)38-21-12-14-23-42(38)44;1-3-5-4-2;2*1-2/h4-28,30,43H,1,3H2,2H3;3-5H,1H2,2H3;2*1-2H3/b7-5-,8-6-,16-9-,17-10?;5-4-;;. The average molecular weight is 695 g/mol. The summed E-state index contributed by atoms with van der Waals surface area (Å²) in [6, 6.07) is 32.0. The van der Waals surface area contributed by atoms with Crippen LogP contribution in [0, 0.1) is 0 Å². The van der Waals surface area contributed by atoms with Gasteiger partial charge in [-0.05, 0) is 79.1 Å². The van der Waals surface area contributed by atoms with Gasteiger partial charge in [0.25, 0.3) is 0 Å². The van der Waals surface area contributed by atoms with E-state index in [-0.39, 0.29) is 0 Å². The fourth-order valence-corrected chi connectivity index (χ4v) is 5.64. The van der Waals surface area contributed by atoms with E-state index >= 15 is 0 Å². The number of aromatic nitrogens is 1. The molecule has 0 radical (unpaired) electrons. The summed E-state index contributed by atoms with van der Waals surface area (Å²) >= 11 is 0. The predicted molar refractivity (Wildman–Crippen MR) is 240 cm³/mol. The number of allylic oxidation sites excluding steroid dienone is 15. The number of nitrogens with one attached hydrogen (secondary N) is 1. The van der Waals surface area contributed by atoms with Crippen molar-refractivity contribution in [3.05, 3.63) is 212 Å². The highest BCUT2D eigenvalue weighted by Gasteiger charge is 2.15. The molecule has 6 rings (SSSR count). The van der Waals surface area contributed by atoms with Gasteiger partial charge in [0, 0.05) is 33.3 Å². The van der Waals surface area contributed by atoms with Crippen LogP contribution in [0.2, 0.25) is 0 Å². The molecule has 2 heteroatoms. The summed E-state index contributed by atoms with van der Waals surface area (Å²) in [7, 11) is 0. The summed E-state index contributed by atoms with van der Waals surface area (Å²) in [6.07, 6.45) is 27.7. The van der Waals surface area contributed by atoms with Crippen LogP contribution in [0.3, 0.4) is 0 Å². The lowest BCUT2D eigenvalue weighted by molar-refractivity contribution is 1.25. The summed E-state index contributed by atoms with van der Waals surface area (Å²) in [5.74, 6) is 0. The molecule has 1 aliphatic carbocycles. The third kappa shape index (κ3) is 11.1. The van der Waals surface area contributed by atoms with E-state index in [2.05, 4.69) is 145 Å². The molecular formula is C51H54N2. The van der Waals surface area contributed by atoms with Crippen molar-refractivity contribution in [3.8, 4) is 0 Å². The van der Waals surface area contributed by atoms with Crippen molar-refractivity contribution >= 4 is 56.1 Å². The topological polar surface area (TPSA) is 17.0 Å². The molecule has 0 aliphatic heterocycles. The molecule has 0 spiro atoms. The SMILES string of the molecule is C=C/C=C\C.C=C/C=C\C=Cc1cccc(Nc2ccc(C3=C=C(n4c5ccccc5c5ccccc54)C=C3)cc2C(=C)/C=C\C=C/C)c1.CC.CC. The number of hydrogen-bond donors (Lipinski definition) is 1. The van der Waals surface area contributed by atoms with E-state index in [9.17, 15) is 0 Å². The van der Waals surface area contributed by atoms with Crippen LogP contribution in [0.4, 0.5) is 11.4 Å². The van der Waals surface area contributed by atoms with Gasteiger partial charge in [-0.3, -0.25) is 0 Å². The maximum Gasteiger partial charge on any atom is 0.0897 e. The van der Waals surface area contributed by atoms with Crippen LogP contribution in [-0.4, -0.2) is 4.57 Å². The van der Waals surface area contributed by atoms with Crippen molar-refractivity contribution in [2.75, 3.05) is 5.32 Å². The molecule has 1 aromatic heterocycles. The molecule has 268 valence electrons. The molecule has 0 atom stereocenters. The van der Waals surface area contributed by atoms with Crippen molar-refractivity contribution in [1.29, 1.82) is 0 Å². The number of anilines is 2. The fourth-order valence-electron chi connectivity index (χ4n) is 5.64. The molecule has 0 saturated heterocycles. The quantitative estimate of drug-likeness (QED) is 0.108. The van der Waals surface area contributed by atoms with Gasteiger partial charge in [0.2, 0.25) is 0 Å². The van der Waals surface area contributed by atoms with Crippen molar-refractivity contribution in [2.45, 2.75) is 41.5 Å². The Labute approximate surface area is 318 Å². The van der Waals surface area contributed by atoms with Gasteiger partial charge in [0.1, 0.15) is 0 Å². The summed E-state index contributed by atoms with van der Waals surface area (Å²) in [6.45, 7) is 23.6. The molecule has 0 amide bonds. The first-order chi connectivity index (χ1) is 26.1. The minimum absolute atomic E-state index is 0.923. The zero-order valence-corrected chi connectivity index (χ0v) is 32.3. The summed E-state index contributed by atoms with van der Waals surface area (Å²) in [5.41, 5.74) is 14.3. The third-order valence-electron chi connectivity index (χ3n) is 7.91. The highest BCUT2D eigenvalue weighted by molar-refractivity contribution is 6.11. The molecule has 0 saturated carbocycles. The summed E-state index contributed by atoms with van der Waals surface area (Å²) < 4.78 is 2.30. The van der Waals surface area contributed by atoms with Crippen LogP contribution < -0.4 is 5.32 Å². The van der Waals surface area contributed by atoms with Gasteiger partial charge in [0.05, 0.1) is 16.7 Å². The van der Waals surface area contributed by atoms with Gasteiger partial charge < -0.3 is 9.88 Å². The Morgan fingerprint density at radius 2 is 1.32 bits per heavy atom. The van der Waals surface area contributed by atoms with Gasteiger partial charge >= 0.3 is 0 Å². The first kappa shape index (κ1) is 41.1. The van der Waals surface area contributed by atoms with Gasteiger partial charge in [0.15, 0.2) is 0 Å². The van der Waals surface area contributed by atoms with Crippen molar-refractivity contribution in [3.63, 3.8) is 0 Å². The van der Waals surface area contributed by atoms with Gasteiger partial charge in [-0.15, -0.1) is 0 Å². The number of rotatable bonds is 11. The first-order valence-corrected chi connectivity index (χ1v) is 18.4. The lowest BCUT2D eigenvalue weighted by Gasteiger charge is -2.15. The van der Waals surface area contributed by atoms with Crippen molar-refractivity contribution in [1.82, 2.24) is 4.57 Å². The second-order valence-corrected chi connectivity index (χ2v) is 11.3. The molecule has 2 nitrogen and oxygen atoms in total. The minimum atomic E-state index is 0.923. The smallest absolute Gasteiger partial charge is 0.0897 e. The largest absolute Gasteiger partial charge is 0.355 e. The fraction of sp³-hybridized carbons (Fsp3) is 0.118. The van der Waals surface area contributed by atoms with E-state index in [4.69, 9.17) is 0 Å². The molecule has 4 aromatic carbocycles. The highest BCUT2D eigenvalue weighted by Crippen LogP contribution is 2.36. The van der Waals surface area contributed by atoms with Crippen LogP contribution in [0.1, 0.15) is 58.2 Å². The van der Waals surface area contributed by atoms with Crippen molar-refractivity contribution in [2.24, 2.45) is 0 Å². The Morgan fingerprint density at radius 3 is 1.94 bits per heavy atom. The van der Waals surface area contributed by atoms with E-state index in [1.807, 2.05) is 96.2 Å². The third-order valence-corrected chi connectivity index (χ3v) is 7.91. The predicted octanol–water partition coefficient (Wildman–Crippen LogP) is 15.3. The molecule has 0 fully saturated rings. The first-order valence-electron chi connectivity index (χ1n) is 18.4. The number of benzene rings is 4. The molecule has 53 heavy (non-hydrogen) atoms. The van der Waals surface area contributed by atoms with Gasteiger partial charge in [-0.1, -0.05) is 181 Å². The van der Waals surface area contributed by atoms with Gasteiger partial charge in [-0.2, -0.15) is 0 Å². The average Bonchev–Trinajstić information content (AvgIpc) is 3.82. The lowest BCUT2D eigenvalue weighted by atomic mass is 9.98. The second kappa shape index (κ2) is 22.5. The zero-order valence-electron chi connectivity index (χ0n) is 32.3. The molecular weight excluding hydrogens is 641 g/mol. The Bertz CT molecular complexity index is 2200. The van der Waals surface area contributed by atoms with Crippen LogP contribution in [0.25, 0.3) is 44.7 Å². The van der Waals surface area contributed by atoms with E-state index in [0.29, 0.717) is 0 Å². The zero-order chi connectivity index (χ0) is 38.4. The second-order valence-electron chi connectivity index (χ2n) is 11.3. The Morgan fingerprint density at radius 1 is 0.660 bits per heavy atom. The van der Waals surface area contributed by atoms with Crippen LogP contribution in [-0.2, 0) is 0 Å².